The monoisotopic (exact) mass is 416 g/mol. The lowest BCUT2D eigenvalue weighted by Gasteiger charge is -2.19. The Labute approximate surface area is 181 Å². The van der Waals surface area contributed by atoms with Crippen molar-refractivity contribution < 1.29 is 14.2 Å². The second kappa shape index (κ2) is 12.6. The predicted octanol–water partition coefficient (Wildman–Crippen LogP) is 5.11. The van der Waals surface area contributed by atoms with Crippen LogP contribution in [0.15, 0.2) is 42.5 Å². The Balaban J connectivity index is 1.82. The van der Waals surface area contributed by atoms with Gasteiger partial charge in [0.25, 0.3) is 0 Å². The van der Waals surface area contributed by atoms with Gasteiger partial charge >= 0.3 is 0 Å². The van der Waals surface area contributed by atoms with Crippen molar-refractivity contribution in [2.24, 2.45) is 0 Å². The molecule has 2 rings (SSSR count). The van der Waals surface area contributed by atoms with Gasteiger partial charge in [0.15, 0.2) is 0 Å². The molecule has 0 aliphatic carbocycles. The van der Waals surface area contributed by atoms with Crippen molar-refractivity contribution in [2.45, 2.75) is 58.1 Å². The lowest BCUT2D eigenvalue weighted by molar-refractivity contribution is 0.165. The van der Waals surface area contributed by atoms with Gasteiger partial charge in [-0.15, -0.1) is 0 Å². The minimum atomic E-state index is -0.840. The molecule has 2 atom stereocenters. The Hall–Kier alpha value is -2.11. The Morgan fingerprint density at radius 1 is 1.13 bits per heavy atom. The fraction of sp³-hybridized carbons (Fsp3) is 0.520. The van der Waals surface area contributed by atoms with Crippen LogP contribution in [0.1, 0.15) is 56.8 Å². The molecule has 2 aromatic carbocycles. The number of hydrogen-bond acceptors (Lipinski definition) is 4. The Morgan fingerprint density at radius 3 is 2.60 bits per heavy atom. The van der Waals surface area contributed by atoms with Gasteiger partial charge in [-0.05, 0) is 56.4 Å². The highest BCUT2D eigenvalue weighted by atomic mass is 19.1. The minimum Gasteiger partial charge on any atom is -0.494 e. The molecule has 2 N–H and O–H groups in total. The van der Waals surface area contributed by atoms with Crippen LogP contribution in [0.3, 0.4) is 0 Å². The van der Waals surface area contributed by atoms with Crippen LogP contribution in [0.2, 0.25) is 0 Å². The number of halogens is 1. The summed E-state index contributed by atoms with van der Waals surface area (Å²) in [6.45, 7) is 5.35. The fourth-order valence-corrected chi connectivity index (χ4v) is 3.35. The summed E-state index contributed by atoms with van der Waals surface area (Å²) in [5.41, 5.74) is 2.76. The summed E-state index contributed by atoms with van der Waals surface area (Å²) < 4.78 is 19.7. The van der Waals surface area contributed by atoms with Crippen molar-refractivity contribution >= 4 is 5.69 Å². The van der Waals surface area contributed by atoms with E-state index in [0.29, 0.717) is 12.1 Å². The van der Waals surface area contributed by atoms with Crippen molar-refractivity contribution in [1.29, 1.82) is 0 Å². The topological polar surface area (TPSA) is 44.7 Å². The van der Waals surface area contributed by atoms with Crippen LogP contribution in [0.5, 0.6) is 5.75 Å². The molecular weight excluding hydrogens is 379 g/mol. The van der Waals surface area contributed by atoms with Crippen LogP contribution in [-0.2, 0) is 6.42 Å². The number of anilines is 1. The Morgan fingerprint density at radius 2 is 1.90 bits per heavy atom. The molecule has 0 aliphatic rings. The third-order valence-corrected chi connectivity index (χ3v) is 5.26. The number of ether oxygens (including phenoxy) is 1. The van der Waals surface area contributed by atoms with Crippen LogP contribution >= 0.6 is 0 Å². The number of hydrogen-bond donors (Lipinski definition) is 2. The summed E-state index contributed by atoms with van der Waals surface area (Å²) in [4.78, 5) is 2.10. The van der Waals surface area contributed by atoms with Crippen molar-refractivity contribution in [3.63, 3.8) is 0 Å². The van der Waals surface area contributed by atoms with Gasteiger partial charge in [0, 0.05) is 44.0 Å². The van der Waals surface area contributed by atoms with Crippen LogP contribution < -0.4 is 15.0 Å². The zero-order valence-electron chi connectivity index (χ0n) is 18.8. The number of aryl methyl sites for hydroxylation is 1. The highest BCUT2D eigenvalue weighted by Crippen LogP contribution is 2.24. The lowest BCUT2D eigenvalue weighted by atomic mass is 10.0. The normalized spacial score (nSPS) is 13.1. The number of nitrogens with one attached hydrogen (secondary N) is 1. The molecule has 0 amide bonds. The van der Waals surface area contributed by atoms with E-state index in [2.05, 4.69) is 42.3 Å². The summed E-state index contributed by atoms with van der Waals surface area (Å²) in [6.07, 6.45) is 4.30. The first kappa shape index (κ1) is 24.2. The molecule has 0 saturated heterocycles. The number of aliphatic hydroxyl groups is 1. The third-order valence-electron chi connectivity index (χ3n) is 5.26. The van der Waals surface area contributed by atoms with Crippen molar-refractivity contribution in [3.8, 4) is 5.75 Å². The SMILES string of the molecule is CCCCOc1cc(CCCC(C)NCC(O)c2ccccc2F)cc(N(C)C)c1. The molecule has 0 spiro atoms. The van der Waals surface area contributed by atoms with E-state index in [1.54, 1.807) is 18.2 Å². The molecule has 2 unspecified atom stereocenters. The van der Waals surface area contributed by atoms with Gasteiger partial charge in [0.1, 0.15) is 11.6 Å². The summed E-state index contributed by atoms with van der Waals surface area (Å²) >= 11 is 0. The van der Waals surface area contributed by atoms with Gasteiger partial charge in [-0.3, -0.25) is 0 Å². The maximum Gasteiger partial charge on any atom is 0.129 e. The van der Waals surface area contributed by atoms with E-state index >= 15 is 0 Å². The van der Waals surface area contributed by atoms with Crippen LogP contribution in [-0.4, -0.2) is 38.4 Å². The molecule has 0 bridgehead atoms. The smallest absolute Gasteiger partial charge is 0.129 e. The van der Waals surface area contributed by atoms with E-state index in [0.717, 1.165) is 50.1 Å². The second-order valence-electron chi connectivity index (χ2n) is 8.17. The molecular formula is C25H37FN2O2. The number of nitrogens with zero attached hydrogens (tertiary/aromatic N) is 1. The molecule has 166 valence electrons. The van der Waals surface area contributed by atoms with Crippen LogP contribution in [0, 0.1) is 5.82 Å². The molecule has 0 fully saturated rings. The summed E-state index contributed by atoms with van der Waals surface area (Å²) in [7, 11) is 4.09. The summed E-state index contributed by atoms with van der Waals surface area (Å²) in [6, 6.07) is 13.1. The van der Waals surface area contributed by atoms with Gasteiger partial charge in [-0.1, -0.05) is 31.5 Å². The quantitative estimate of drug-likeness (QED) is 0.446. The zero-order chi connectivity index (χ0) is 21.9. The van der Waals surface area contributed by atoms with Crippen molar-refractivity contribution in [1.82, 2.24) is 5.32 Å². The van der Waals surface area contributed by atoms with E-state index in [4.69, 9.17) is 4.74 Å². The highest BCUT2D eigenvalue weighted by molar-refractivity contribution is 5.52. The maximum atomic E-state index is 13.8. The molecule has 0 aliphatic heterocycles. The standard InChI is InChI=1S/C25H37FN2O2/c1-5-6-14-30-22-16-20(15-21(17-22)28(3)4)11-9-10-19(2)27-18-25(29)23-12-7-8-13-24(23)26/h7-8,12-13,15-17,19,25,27,29H,5-6,9-11,14,18H2,1-4H3. The molecule has 0 heterocycles. The van der Waals surface area contributed by atoms with E-state index in [1.807, 2.05) is 14.1 Å². The predicted molar refractivity (Wildman–Crippen MR) is 123 cm³/mol. The number of unbranched alkanes of at least 4 members (excludes halogenated alkanes) is 1. The van der Waals surface area contributed by atoms with E-state index in [9.17, 15) is 9.50 Å². The van der Waals surface area contributed by atoms with Gasteiger partial charge in [-0.2, -0.15) is 0 Å². The number of benzene rings is 2. The lowest BCUT2D eigenvalue weighted by Crippen LogP contribution is -2.30. The van der Waals surface area contributed by atoms with E-state index in [-0.39, 0.29) is 11.9 Å². The van der Waals surface area contributed by atoms with E-state index < -0.39 is 6.10 Å². The molecule has 5 heteroatoms. The van der Waals surface area contributed by atoms with E-state index in [1.165, 1.54) is 11.6 Å². The molecule has 0 radical (unpaired) electrons. The molecule has 0 aromatic heterocycles. The van der Waals surface area contributed by atoms with Gasteiger partial charge in [0.05, 0.1) is 12.7 Å². The fourth-order valence-electron chi connectivity index (χ4n) is 3.35. The number of aliphatic hydroxyl groups excluding tert-OH is 1. The van der Waals surface area contributed by atoms with Crippen molar-refractivity contribution in [3.05, 3.63) is 59.4 Å². The average Bonchev–Trinajstić information content (AvgIpc) is 2.72. The largest absolute Gasteiger partial charge is 0.494 e. The molecule has 0 saturated carbocycles. The van der Waals surface area contributed by atoms with Crippen LogP contribution in [0.4, 0.5) is 10.1 Å². The first-order valence-corrected chi connectivity index (χ1v) is 11.0. The first-order valence-electron chi connectivity index (χ1n) is 11.0. The van der Waals surface area contributed by atoms with Crippen molar-refractivity contribution in [2.75, 3.05) is 32.1 Å². The van der Waals surface area contributed by atoms with Gasteiger partial charge < -0.3 is 20.1 Å². The highest BCUT2D eigenvalue weighted by Gasteiger charge is 2.13. The maximum absolute atomic E-state index is 13.8. The zero-order valence-corrected chi connectivity index (χ0v) is 18.8. The summed E-state index contributed by atoms with van der Waals surface area (Å²) in [5.74, 6) is 0.570. The first-order chi connectivity index (χ1) is 14.4. The Bertz CT molecular complexity index is 767. The summed E-state index contributed by atoms with van der Waals surface area (Å²) in [5, 5.41) is 13.6. The molecule has 30 heavy (non-hydrogen) atoms. The van der Waals surface area contributed by atoms with Gasteiger partial charge in [-0.25, -0.2) is 4.39 Å². The minimum absolute atomic E-state index is 0.240. The van der Waals surface area contributed by atoms with Gasteiger partial charge in [0.2, 0.25) is 0 Å². The Kier molecular flexibility index (Phi) is 10.1. The number of rotatable bonds is 13. The average molecular weight is 417 g/mol. The second-order valence-corrected chi connectivity index (χ2v) is 8.17. The third kappa shape index (κ3) is 7.96. The van der Waals surface area contributed by atoms with Crippen LogP contribution in [0.25, 0.3) is 0 Å². The molecule has 4 nitrogen and oxygen atoms in total. The molecule has 2 aromatic rings.